The second kappa shape index (κ2) is 8.62. The molecule has 1 unspecified atom stereocenters. The Balaban J connectivity index is 1.60. The van der Waals surface area contributed by atoms with Crippen LogP contribution in [0.15, 0.2) is 46.7 Å². The molecule has 10 heteroatoms. The van der Waals surface area contributed by atoms with Gasteiger partial charge in [-0.25, -0.2) is 8.42 Å². The van der Waals surface area contributed by atoms with E-state index in [-0.39, 0.29) is 22.1 Å². The molecule has 152 valence electrons. The molecule has 1 amide bonds. The number of amides is 1. The lowest BCUT2D eigenvalue weighted by Crippen LogP contribution is -2.52. The third-order valence-electron chi connectivity index (χ3n) is 4.66. The first-order chi connectivity index (χ1) is 13.3. The van der Waals surface area contributed by atoms with E-state index in [0.29, 0.717) is 31.3 Å². The number of thioether (sulfide) groups is 1. The monoisotopic (exact) mass is 423 g/mol. The maximum atomic E-state index is 12.8. The van der Waals surface area contributed by atoms with E-state index in [0.717, 1.165) is 0 Å². The summed E-state index contributed by atoms with van der Waals surface area (Å²) in [5.74, 6) is -0.0138. The molecule has 3 rings (SSSR count). The van der Waals surface area contributed by atoms with E-state index in [1.807, 2.05) is 25.3 Å². The van der Waals surface area contributed by atoms with Crippen molar-refractivity contribution in [3.05, 3.63) is 36.7 Å². The highest BCUT2D eigenvalue weighted by atomic mass is 32.2. The Morgan fingerprint density at radius 1 is 1.07 bits per heavy atom. The van der Waals surface area contributed by atoms with Gasteiger partial charge in [0.2, 0.25) is 15.9 Å². The fourth-order valence-corrected chi connectivity index (χ4v) is 5.51. The first-order valence-electron chi connectivity index (χ1n) is 9.21. The zero-order valence-corrected chi connectivity index (χ0v) is 17.9. The molecule has 1 aliphatic rings. The number of hydrogen-bond donors (Lipinski definition) is 0. The van der Waals surface area contributed by atoms with Gasteiger partial charge in [0.25, 0.3) is 0 Å². The van der Waals surface area contributed by atoms with E-state index in [4.69, 9.17) is 0 Å². The fourth-order valence-electron chi connectivity index (χ4n) is 3.03. The number of hydrogen-bond acceptors (Lipinski definition) is 6. The molecule has 1 aliphatic heterocycles. The molecule has 1 saturated heterocycles. The van der Waals surface area contributed by atoms with Crippen LogP contribution in [0.5, 0.6) is 0 Å². The zero-order chi connectivity index (χ0) is 20.3. The van der Waals surface area contributed by atoms with Crippen LogP contribution in [0.2, 0.25) is 0 Å². The second-order valence-electron chi connectivity index (χ2n) is 6.92. The normalized spacial score (nSPS) is 17.1. The average molecular weight is 424 g/mol. The average Bonchev–Trinajstić information content (AvgIpc) is 3.16. The number of rotatable bonds is 6. The maximum absolute atomic E-state index is 12.8. The summed E-state index contributed by atoms with van der Waals surface area (Å²) in [6.07, 6.45) is 1.66. The van der Waals surface area contributed by atoms with Gasteiger partial charge in [0.05, 0.1) is 10.1 Å². The predicted octanol–water partition coefficient (Wildman–Crippen LogP) is 1.87. The number of piperazine rings is 1. The van der Waals surface area contributed by atoms with E-state index in [9.17, 15) is 13.2 Å². The van der Waals surface area contributed by atoms with Gasteiger partial charge < -0.3 is 9.47 Å². The molecule has 2 aromatic rings. The molecule has 8 nitrogen and oxygen atoms in total. The van der Waals surface area contributed by atoms with Gasteiger partial charge in [-0.2, -0.15) is 4.31 Å². The Morgan fingerprint density at radius 3 is 2.32 bits per heavy atom. The standard InChI is InChI=1S/C18H25N5O3S2/c1-14(2)23-13-19-20-18(23)27-15(3)17(24)21-9-11-22(12-10-21)28(25,26)16-7-5-4-6-8-16/h4-8,13-15H,9-12H2,1-3H3. The highest BCUT2D eigenvalue weighted by molar-refractivity contribution is 8.00. The van der Waals surface area contributed by atoms with Crippen molar-refractivity contribution in [1.29, 1.82) is 0 Å². The van der Waals surface area contributed by atoms with Crippen molar-refractivity contribution in [2.24, 2.45) is 0 Å². The minimum absolute atomic E-state index is 0.0138. The Hall–Kier alpha value is -1.91. The number of aromatic nitrogens is 3. The summed E-state index contributed by atoms with van der Waals surface area (Å²) >= 11 is 1.38. The molecule has 0 saturated carbocycles. The van der Waals surface area contributed by atoms with Crippen molar-refractivity contribution in [2.75, 3.05) is 26.2 Å². The van der Waals surface area contributed by atoms with E-state index in [1.165, 1.54) is 16.1 Å². The quantitative estimate of drug-likeness (QED) is 0.659. The van der Waals surface area contributed by atoms with Gasteiger partial charge >= 0.3 is 0 Å². The summed E-state index contributed by atoms with van der Waals surface area (Å²) in [4.78, 5) is 14.8. The topological polar surface area (TPSA) is 88.4 Å². The smallest absolute Gasteiger partial charge is 0.243 e. The fraction of sp³-hybridized carbons (Fsp3) is 0.500. The third kappa shape index (κ3) is 4.39. The molecular weight excluding hydrogens is 398 g/mol. The molecule has 28 heavy (non-hydrogen) atoms. The summed E-state index contributed by atoms with van der Waals surface area (Å²) in [6.45, 7) is 7.27. The van der Waals surface area contributed by atoms with E-state index in [2.05, 4.69) is 10.2 Å². The minimum Gasteiger partial charge on any atom is -0.339 e. The van der Waals surface area contributed by atoms with Crippen molar-refractivity contribution in [3.63, 3.8) is 0 Å². The number of benzene rings is 1. The molecule has 1 aromatic carbocycles. The van der Waals surface area contributed by atoms with Crippen LogP contribution in [0.1, 0.15) is 26.8 Å². The first kappa shape index (κ1) is 20.8. The van der Waals surface area contributed by atoms with Crippen LogP contribution in [0, 0.1) is 0 Å². The third-order valence-corrected chi connectivity index (χ3v) is 7.63. The highest BCUT2D eigenvalue weighted by Crippen LogP contribution is 2.25. The zero-order valence-electron chi connectivity index (χ0n) is 16.2. The second-order valence-corrected chi connectivity index (χ2v) is 10.2. The molecule has 0 spiro atoms. The summed E-state index contributed by atoms with van der Waals surface area (Å²) in [5.41, 5.74) is 0. The maximum Gasteiger partial charge on any atom is 0.243 e. The van der Waals surface area contributed by atoms with Gasteiger partial charge in [-0.1, -0.05) is 30.0 Å². The van der Waals surface area contributed by atoms with Crippen molar-refractivity contribution >= 4 is 27.7 Å². The van der Waals surface area contributed by atoms with E-state index in [1.54, 1.807) is 41.6 Å². The molecule has 2 heterocycles. The van der Waals surface area contributed by atoms with Gasteiger partial charge in [0.1, 0.15) is 6.33 Å². The Bertz CT molecular complexity index is 906. The molecule has 0 aliphatic carbocycles. The van der Waals surface area contributed by atoms with Crippen LogP contribution in [0.25, 0.3) is 0 Å². The summed E-state index contributed by atoms with van der Waals surface area (Å²) < 4.78 is 28.8. The van der Waals surface area contributed by atoms with Crippen LogP contribution in [0.4, 0.5) is 0 Å². The van der Waals surface area contributed by atoms with Gasteiger partial charge in [-0.15, -0.1) is 10.2 Å². The van der Waals surface area contributed by atoms with Gasteiger partial charge in [-0.05, 0) is 32.9 Å². The Morgan fingerprint density at radius 2 is 1.71 bits per heavy atom. The number of carbonyl (C=O) groups excluding carboxylic acids is 1. The first-order valence-corrected chi connectivity index (χ1v) is 11.5. The summed E-state index contributed by atoms with van der Waals surface area (Å²) in [5, 5.41) is 8.42. The van der Waals surface area contributed by atoms with Gasteiger partial charge in [0, 0.05) is 32.2 Å². The Kier molecular flexibility index (Phi) is 6.41. The lowest BCUT2D eigenvalue weighted by Gasteiger charge is -2.35. The predicted molar refractivity (Wildman–Crippen MR) is 108 cm³/mol. The molecule has 0 bridgehead atoms. The van der Waals surface area contributed by atoms with Crippen LogP contribution in [0.3, 0.4) is 0 Å². The molecule has 1 fully saturated rings. The SMILES string of the molecule is CC(Sc1nncn1C(C)C)C(=O)N1CCN(S(=O)(=O)c2ccccc2)CC1. The van der Waals surface area contributed by atoms with Crippen molar-refractivity contribution in [3.8, 4) is 0 Å². The van der Waals surface area contributed by atoms with E-state index < -0.39 is 10.0 Å². The van der Waals surface area contributed by atoms with E-state index >= 15 is 0 Å². The lowest BCUT2D eigenvalue weighted by atomic mass is 10.3. The molecule has 1 aromatic heterocycles. The minimum atomic E-state index is -3.52. The van der Waals surface area contributed by atoms with Crippen molar-refractivity contribution in [2.45, 2.75) is 42.1 Å². The number of nitrogens with zero attached hydrogens (tertiary/aromatic N) is 5. The molecular formula is C18H25N5O3S2. The largest absolute Gasteiger partial charge is 0.339 e. The number of carbonyl (C=O) groups is 1. The molecule has 0 N–H and O–H groups in total. The summed E-state index contributed by atoms with van der Waals surface area (Å²) in [6, 6.07) is 8.61. The lowest BCUT2D eigenvalue weighted by molar-refractivity contribution is -0.131. The Labute approximate surface area is 170 Å². The molecule has 0 radical (unpaired) electrons. The van der Waals surface area contributed by atoms with Crippen LogP contribution in [-0.2, 0) is 14.8 Å². The van der Waals surface area contributed by atoms with Crippen molar-refractivity contribution in [1.82, 2.24) is 24.0 Å². The summed E-state index contributed by atoms with van der Waals surface area (Å²) in [7, 11) is -3.52. The highest BCUT2D eigenvalue weighted by Gasteiger charge is 2.32. The van der Waals surface area contributed by atoms with Crippen LogP contribution in [-0.4, -0.2) is 69.7 Å². The number of sulfonamides is 1. The molecule has 1 atom stereocenters. The van der Waals surface area contributed by atoms with Crippen molar-refractivity contribution < 1.29 is 13.2 Å². The van der Waals surface area contributed by atoms with Crippen LogP contribution >= 0.6 is 11.8 Å². The van der Waals surface area contributed by atoms with Crippen LogP contribution < -0.4 is 0 Å². The van der Waals surface area contributed by atoms with Gasteiger partial charge in [-0.3, -0.25) is 4.79 Å². The van der Waals surface area contributed by atoms with Gasteiger partial charge in [0.15, 0.2) is 5.16 Å².